The Bertz CT molecular complexity index is 832. The Balaban J connectivity index is 1.61. The van der Waals surface area contributed by atoms with Crippen LogP contribution in [0.5, 0.6) is 0 Å². The van der Waals surface area contributed by atoms with Crippen molar-refractivity contribution in [2.45, 2.75) is 46.3 Å². The van der Waals surface area contributed by atoms with Crippen LogP contribution in [0.1, 0.15) is 49.5 Å². The van der Waals surface area contributed by atoms with Crippen LogP contribution in [-0.4, -0.2) is 48.4 Å². The average molecular weight is 443 g/mol. The number of rotatable bonds is 9. The molecule has 1 aliphatic rings. The lowest BCUT2D eigenvalue weighted by Crippen LogP contribution is -2.50. The van der Waals surface area contributed by atoms with Crippen LogP contribution in [-0.2, 0) is 16.1 Å². The summed E-state index contributed by atoms with van der Waals surface area (Å²) in [6.45, 7) is 11.0. The Labute approximate surface area is 192 Å². The lowest BCUT2D eigenvalue weighted by atomic mass is 10.0. The van der Waals surface area contributed by atoms with Gasteiger partial charge in [-0.2, -0.15) is 0 Å². The van der Waals surface area contributed by atoms with Crippen molar-refractivity contribution in [2.24, 2.45) is 5.92 Å². The van der Waals surface area contributed by atoms with Crippen LogP contribution in [0.25, 0.3) is 0 Å². The molecule has 168 valence electrons. The summed E-state index contributed by atoms with van der Waals surface area (Å²) in [5.74, 6) is 0.419. The summed E-state index contributed by atoms with van der Waals surface area (Å²) >= 11 is 6.10. The first-order valence-electron chi connectivity index (χ1n) is 11.4. The minimum Gasteiger partial charge on any atom is -0.368 e. The molecule has 5 heteroatoms. The van der Waals surface area contributed by atoms with Gasteiger partial charge in [0.2, 0.25) is 5.91 Å². The number of benzene rings is 2. The molecule has 1 saturated heterocycles. The van der Waals surface area contributed by atoms with E-state index in [1.54, 1.807) is 0 Å². The number of piperazine rings is 1. The van der Waals surface area contributed by atoms with Gasteiger partial charge in [-0.25, -0.2) is 0 Å². The summed E-state index contributed by atoms with van der Waals surface area (Å²) in [6, 6.07) is 16.4. The third-order valence-corrected chi connectivity index (χ3v) is 6.28. The number of carbonyl (C=O) groups is 1. The fraction of sp³-hybridized carbons (Fsp3) is 0.500. The van der Waals surface area contributed by atoms with Gasteiger partial charge in [0.1, 0.15) is 0 Å². The molecule has 0 radical (unpaired) electrons. The molecule has 2 aromatic rings. The number of carbonyl (C=O) groups excluding carboxylic acids is 1. The summed E-state index contributed by atoms with van der Waals surface area (Å²) in [6.07, 6.45) is 1.97. The quantitative estimate of drug-likeness (QED) is 0.515. The van der Waals surface area contributed by atoms with Crippen LogP contribution in [0.3, 0.4) is 0 Å². The Kier molecular flexibility index (Phi) is 8.94. The summed E-state index contributed by atoms with van der Waals surface area (Å²) in [4.78, 5) is 17.1. The molecule has 0 aromatic heterocycles. The van der Waals surface area contributed by atoms with Crippen molar-refractivity contribution in [2.75, 3.05) is 32.7 Å². The molecule has 0 N–H and O–H groups in total. The Morgan fingerprint density at radius 3 is 2.45 bits per heavy atom. The van der Waals surface area contributed by atoms with E-state index in [2.05, 4.69) is 55.1 Å². The third kappa shape index (κ3) is 7.06. The van der Waals surface area contributed by atoms with E-state index in [-0.39, 0.29) is 12.0 Å². The molecule has 1 amide bonds. The highest BCUT2D eigenvalue weighted by Gasteiger charge is 2.26. The molecule has 1 heterocycles. The predicted molar refractivity (Wildman–Crippen MR) is 127 cm³/mol. The first-order chi connectivity index (χ1) is 15.0. The van der Waals surface area contributed by atoms with Gasteiger partial charge < -0.3 is 9.64 Å². The normalized spacial score (nSPS) is 16.8. The molecule has 3 rings (SSSR count). The van der Waals surface area contributed by atoms with Crippen molar-refractivity contribution in [1.29, 1.82) is 0 Å². The smallest absolute Gasteiger partial charge is 0.225 e. The molecule has 0 aliphatic carbocycles. The van der Waals surface area contributed by atoms with E-state index >= 15 is 0 Å². The van der Waals surface area contributed by atoms with E-state index in [1.165, 1.54) is 11.1 Å². The van der Waals surface area contributed by atoms with E-state index in [0.29, 0.717) is 12.5 Å². The summed E-state index contributed by atoms with van der Waals surface area (Å²) < 4.78 is 6.39. The van der Waals surface area contributed by atoms with Gasteiger partial charge >= 0.3 is 0 Å². The first-order valence-corrected chi connectivity index (χ1v) is 11.8. The highest BCUT2D eigenvalue weighted by atomic mass is 35.5. The molecule has 2 aromatic carbocycles. The van der Waals surface area contributed by atoms with E-state index < -0.39 is 0 Å². The van der Waals surface area contributed by atoms with Gasteiger partial charge in [0, 0.05) is 43.7 Å². The highest BCUT2D eigenvalue weighted by Crippen LogP contribution is 2.24. The van der Waals surface area contributed by atoms with Crippen molar-refractivity contribution in [3.05, 3.63) is 70.2 Å². The fourth-order valence-corrected chi connectivity index (χ4v) is 4.31. The van der Waals surface area contributed by atoms with Crippen molar-refractivity contribution in [1.82, 2.24) is 9.80 Å². The monoisotopic (exact) mass is 442 g/mol. The number of ether oxygens (including phenoxy) is 1. The number of hydrogen-bond acceptors (Lipinski definition) is 3. The maximum atomic E-state index is 12.6. The van der Waals surface area contributed by atoms with Crippen LogP contribution in [0, 0.1) is 12.8 Å². The number of aryl methyl sites for hydroxylation is 1. The predicted octanol–water partition coefficient (Wildman–Crippen LogP) is 5.49. The van der Waals surface area contributed by atoms with Crippen molar-refractivity contribution < 1.29 is 9.53 Å². The van der Waals surface area contributed by atoms with Gasteiger partial charge in [0.15, 0.2) is 0 Å². The molecular formula is C26H35ClN2O2. The summed E-state index contributed by atoms with van der Waals surface area (Å²) in [5.41, 5.74) is 3.55. The average Bonchev–Trinajstić information content (AvgIpc) is 2.77. The molecule has 2 atom stereocenters. The maximum absolute atomic E-state index is 12.6. The Morgan fingerprint density at radius 1 is 1.10 bits per heavy atom. The summed E-state index contributed by atoms with van der Waals surface area (Å²) in [5, 5.41) is 0.731. The second-order valence-corrected chi connectivity index (χ2v) is 9.09. The minimum atomic E-state index is -0.0426. The molecular weight excluding hydrogens is 408 g/mol. The van der Waals surface area contributed by atoms with Gasteiger partial charge in [-0.05, 0) is 36.6 Å². The van der Waals surface area contributed by atoms with Gasteiger partial charge in [0.05, 0.1) is 12.7 Å². The van der Waals surface area contributed by atoms with Gasteiger partial charge in [-0.1, -0.05) is 73.8 Å². The van der Waals surface area contributed by atoms with Gasteiger partial charge in [0.25, 0.3) is 0 Å². The van der Waals surface area contributed by atoms with Crippen molar-refractivity contribution in [3.63, 3.8) is 0 Å². The molecule has 0 bridgehead atoms. The molecule has 1 fully saturated rings. The van der Waals surface area contributed by atoms with Crippen molar-refractivity contribution >= 4 is 17.5 Å². The van der Waals surface area contributed by atoms with Crippen LogP contribution < -0.4 is 0 Å². The molecule has 31 heavy (non-hydrogen) atoms. The Morgan fingerprint density at radius 2 is 1.81 bits per heavy atom. The zero-order valence-electron chi connectivity index (χ0n) is 19.0. The standard InChI is InChI=1S/C26H35ClN2O2/c1-4-6-21(3)26(30)29-15-13-28(14-16-29)18-25(23-9-11-24(27)12-10-23)31-19-22-8-5-7-20(2)17-22/h5,7-12,17,21,25H,4,6,13-16,18-19H2,1-3H3/t21-,25-/m1/s1. The van der Waals surface area contributed by atoms with Gasteiger partial charge in [-0.3, -0.25) is 9.69 Å². The molecule has 4 nitrogen and oxygen atoms in total. The molecule has 0 saturated carbocycles. The SMILES string of the molecule is CCC[C@@H](C)C(=O)N1CCN(C[C@@H](OCc2cccc(C)c2)c2ccc(Cl)cc2)CC1. The minimum absolute atomic E-state index is 0.0426. The number of amides is 1. The first kappa shape index (κ1) is 23.8. The second-order valence-electron chi connectivity index (χ2n) is 8.66. The number of halogens is 1. The number of hydrogen-bond donors (Lipinski definition) is 0. The topological polar surface area (TPSA) is 32.8 Å². The molecule has 0 unspecified atom stereocenters. The van der Waals surface area contributed by atoms with E-state index in [0.717, 1.165) is 56.2 Å². The Hall–Kier alpha value is -1.88. The van der Waals surface area contributed by atoms with E-state index in [4.69, 9.17) is 16.3 Å². The van der Waals surface area contributed by atoms with Crippen molar-refractivity contribution in [3.8, 4) is 0 Å². The fourth-order valence-electron chi connectivity index (χ4n) is 4.18. The number of nitrogens with zero attached hydrogens (tertiary/aromatic N) is 2. The molecule has 0 spiro atoms. The highest BCUT2D eigenvalue weighted by molar-refractivity contribution is 6.30. The van der Waals surface area contributed by atoms with E-state index in [1.807, 2.05) is 24.0 Å². The zero-order chi connectivity index (χ0) is 22.2. The van der Waals surface area contributed by atoms with Crippen LogP contribution >= 0.6 is 11.6 Å². The lowest BCUT2D eigenvalue weighted by molar-refractivity contribution is -0.137. The molecule has 1 aliphatic heterocycles. The van der Waals surface area contributed by atoms with E-state index in [9.17, 15) is 4.79 Å². The van der Waals surface area contributed by atoms with Crippen LogP contribution in [0.15, 0.2) is 48.5 Å². The zero-order valence-corrected chi connectivity index (χ0v) is 19.8. The summed E-state index contributed by atoms with van der Waals surface area (Å²) in [7, 11) is 0. The second kappa shape index (κ2) is 11.7. The van der Waals surface area contributed by atoms with Crippen LogP contribution in [0.2, 0.25) is 5.02 Å². The maximum Gasteiger partial charge on any atom is 0.225 e. The largest absolute Gasteiger partial charge is 0.368 e. The van der Waals surface area contributed by atoms with Crippen LogP contribution in [0.4, 0.5) is 0 Å². The van der Waals surface area contributed by atoms with Gasteiger partial charge in [-0.15, -0.1) is 0 Å². The lowest BCUT2D eigenvalue weighted by Gasteiger charge is -2.37. The third-order valence-electron chi connectivity index (χ3n) is 6.03.